The monoisotopic (exact) mass is 74.0 g/mol. The Morgan fingerprint density at radius 3 is 2.00 bits per heavy atom. The molecule has 1 aliphatic rings. The number of hydrazine groups is 1. The molecule has 0 spiro atoms. The summed E-state index contributed by atoms with van der Waals surface area (Å²) in [5, 5.41) is 0. The summed E-state index contributed by atoms with van der Waals surface area (Å²) in [5.74, 6) is 0. The van der Waals surface area contributed by atoms with E-state index >= 15 is 0 Å². The average Bonchev–Trinajstić information content (AvgIpc) is 1.76. The molecule has 0 amide bonds. The minimum Gasteiger partial charge on any atom is -0.349 e. The molecule has 1 fully saturated rings. The quantitative estimate of drug-likeness (QED) is 0.387. The van der Waals surface area contributed by atoms with Gasteiger partial charge in [-0.2, -0.15) is 0 Å². The molecule has 1 rings (SSSR count). The maximum atomic E-state index is 4.72. The zero-order chi connectivity index (χ0) is 3.54. The summed E-state index contributed by atoms with van der Waals surface area (Å²) in [6, 6.07) is 0. The topological polar surface area (TPSA) is 33.3 Å². The van der Waals surface area contributed by atoms with Gasteiger partial charge in [0, 0.05) is 0 Å². The highest BCUT2D eigenvalue weighted by Crippen LogP contribution is 1.67. The minimum atomic E-state index is 0.639. The van der Waals surface area contributed by atoms with E-state index in [0.29, 0.717) is 13.5 Å². The first kappa shape index (κ1) is 3.08. The zero-order valence-electron chi connectivity index (χ0n) is 2.82. The van der Waals surface area contributed by atoms with Crippen molar-refractivity contribution in [1.82, 2.24) is 10.9 Å². The van der Waals surface area contributed by atoms with Gasteiger partial charge in [0.15, 0.2) is 0 Å². The predicted molar refractivity (Wildman–Crippen MR) is 17.1 cm³/mol. The summed E-state index contributed by atoms with van der Waals surface area (Å²) < 4.78 is 4.72. The van der Waals surface area contributed by atoms with Crippen LogP contribution in [0.1, 0.15) is 0 Å². The normalized spacial score (nSPS) is 24.0. The van der Waals surface area contributed by atoms with Gasteiger partial charge < -0.3 is 4.74 Å². The number of rotatable bonds is 0. The lowest BCUT2D eigenvalue weighted by Gasteiger charge is -1.76. The van der Waals surface area contributed by atoms with Gasteiger partial charge in [-0.05, 0) is 0 Å². The Labute approximate surface area is 30.3 Å². The standard InChI is InChI=1S/C2H6N2O/c1-3-4-2-5-1/h3-4H,1-2H2. The molecule has 0 aliphatic carbocycles. The van der Waals surface area contributed by atoms with Crippen molar-refractivity contribution in [2.24, 2.45) is 0 Å². The van der Waals surface area contributed by atoms with Crippen LogP contribution in [0.25, 0.3) is 0 Å². The van der Waals surface area contributed by atoms with Crippen LogP contribution in [0.15, 0.2) is 0 Å². The van der Waals surface area contributed by atoms with Gasteiger partial charge in [0.25, 0.3) is 0 Å². The fourth-order valence-corrected chi connectivity index (χ4v) is 0.255. The van der Waals surface area contributed by atoms with Crippen molar-refractivity contribution in [2.75, 3.05) is 13.5 Å². The molecule has 5 heavy (non-hydrogen) atoms. The first-order valence-corrected chi connectivity index (χ1v) is 1.53. The van der Waals surface area contributed by atoms with Crippen molar-refractivity contribution >= 4 is 0 Å². The number of ether oxygens (including phenoxy) is 1. The summed E-state index contributed by atoms with van der Waals surface area (Å²) in [6.07, 6.45) is 0. The second kappa shape index (κ2) is 1.35. The Kier molecular flexibility index (Phi) is 0.834. The minimum absolute atomic E-state index is 0.639. The first-order valence-electron chi connectivity index (χ1n) is 1.53. The van der Waals surface area contributed by atoms with Gasteiger partial charge >= 0.3 is 0 Å². The molecule has 0 radical (unpaired) electrons. The molecule has 1 saturated heterocycles. The van der Waals surface area contributed by atoms with Crippen molar-refractivity contribution in [1.29, 1.82) is 0 Å². The molecular formula is C2H6N2O. The fraction of sp³-hybridized carbons (Fsp3) is 1.00. The highest BCUT2D eigenvalue weighted by Gasteiger charge is 1.89. The smallest absolute Gasteiger partial charge is 0.111 e. The van der Waals surface area contributed by atoms with Crippen molar-refractivity contribution in [3.63, 3.8) is 0 Å². The van der Waals surface area contributed by atoms with Crippen LogP contribution in [0.3, 0.4) is 0 Å². The van der Waals surface area contributed by atoms with Crippen LogP contribution in [-0.2, 0) is 4.74 Å². The second-order valence-electron chi connectivity index (χ2n) is 0.846. The first-order chi connectivity index (χ1) is 2.50. The van der Waals surface area contributed by atoms with Crippen LogP contribution in [-0.4, -0.2) is 13.5 Å². The van der Waals surface area contributed by atoms with E-state index in [0.717, 1.165) is 0 Å². The Morgan fingerprint density at radius 2 is 1.80 bits per heavy atom. The summed E-state index contributed by atoms with van der Waals surface area (Å²) in [4.78, 5) is 0. The van der Waals surface area contributed by atoms with Crippen molar-refractivity contribution < 1.29 is 4.74 Å². The summed E-state index contributed by atoms with van der Waals surface area (Å²) in [6.45, 7) is 1.28. The number of hydrogen-bond donors (Lipinski definition) is 2. The lowest BCUT2D eigenvalue weighted by molar-refractivity contribution is 0.189. The maximum absolute atomic E-state index is 4.72. The third-order valence-corrected chi connectivity index (χ3v) is 0.473. The predicted octanol–water partition coefficient (Wildman–Crippen LogP) is -0.974. The molecule has 1 heterocycles. The van der Waals surface area contributed by atoms with E-state index in [1.54, 1.807) is 0 Å². The SMILES string of the molecule is C1NNCO1. The van der Waals surface area contributed by atoms with Crippen molar-refractivity contribution in [3.05, 3.63) is 0 Å². The lowest BCUT2D eigenvalue weighted by atomic mass is 11.3. The largest absolute Gasteiger partial charge is 0.349 e. The van der Waals surface area contributed by atoms with E-state index < -0.39 is 0 Å². The molecule has 1 aliphatic heterocycles. The van der Waals surface area contributed by atoms with Crippen LogP contribution in [0.4, 0.5) is 0 Å². The molecule has 0 aromatic carbocycles. The Morgan fingerprint density at radius 1 is 1.20 bits per heavy atom. The van der Waals surface area contributed by atoms with Crippen LogP contribution < -0.4 is 10.9 Å². The van der Waals surface area contributed by atoms with Crippen LogP contribution in [0, 0.1) is 0 Å². The van der Waals surface area contributed by atoms with E-state index in [2.05, 4.69) is 10.9 Å². The molecular weight excluding hydrogens is 68.0 g/mol. The lowest BCUT2D eigenvalue weighted by Crippen LogP contribution is -2.21. The number of hydrogen-bond acceptors (Lipinski definition) is 3. The second-order valence-corrected chi connectivity index (χ2v) is 0.846. The van der Waals surface area contributed by atoms with E-state index in [4.69, 9.17) is 4.74 Å². The maximum Gasteiger partial charge on any atom is 0.111 e. The van der Waals surface area contributed by atoms with Gasteiger partial charge in [0.1, 0.15) is 13.5 Å². The Balaban J connectivity index is 2.08. The molecule has 0 atom stereocenters. The van der Waals surface area contributed by atoms with Gasteiger partial charge in [0.05, 0.1) is 0 Å². The highest BCUT2D eigenvalue weighted by atomic mass is 16.5. The van der Waals surface area contributed by atoms with Gasteiger partial charge in [-0.25, -0.2) is 10.9 Å². The van der Waals surface area contributed by atoms with Gasteiger partial charge in [-0.1, -0.05) is 0 Å². The molecule has 0 bridgehead atoms. The third-order valence-electron chi connectivity index (χ3n) is 0.473. The average molecular weight is 74.1 g/mol. The van der Waals surface area contributed by atoms with E-state index in [-0.39, 0.29) is 0 Å². The van der Waals surface area contributed by atoms with Gasteiger partial charge in [-0.3, -0.25) is 0 Å². The van der Waals surface area contributed by atoms with E-state index in [1.807, 2.05) is 0 Å². The van der Waals surface area contributed by atoms with Crippen molar-refractivity contribution in [2.45, 2.75) is 0 Å². The highest BCUT2D eigenvalue weighted by molar-refractivity contribution is 4.28. The Hall–Kier alpha value is -0.120. The molecule has 0 aromatic heterocycles. The fourth-order valence-electron chi connectivity index (χ4n) is 0.255. The summed E-state index contributed by atoms with van der Waals surface area (Å²) in [7, 11) is 0. The molecule has 3 nitrogen and oxygen atoms in total. The number of nitrogens with one attached hydrogen (secondary N) is 2. The summed E-state index contributed by atoms with van der Waals surface area (Å²) in [5.41, 5.74) is 5.50. The van der Waals surface area contributed by atoms with Crippen molar-refractivity contribution in [3.8, 4) is 0 Å². The third kappa shape index (κ3) is 0.576. The molecule has 0 aromatic rings. The molecule has 30 valence electrons. The summed E-state index contributed by atoms with van der Waals surface area (Å²) >= 11 is 0. The molecule has 0 unspecified atom stereocenters. The van der Waals surface area contributed by atoms with Gasteiger partial charge in [-0.15, -0.1) is 0 Å². The zero-order valence-corrected chi connectivity index (χ0v) is 2.82. The van der Waals surface area contributed by atoms with Crippen LogP contribution >= 0.6 is 0 Å². The van der Waals surface area contributed by atoms with Gasteiger partial charge in [0.2, 0.25) is 0 Å². The molecule has 3 heteroatoms. The van der Waals surface area contributed by atoms with E-state index in [1.165, 1.54) is 0 Å². The van der Waals surface area contributed by atoms with E-state index in [9.17, 15) is 0 Å². The van der Waals surface area contributed by atoms with Crippen LogP contribution in [0.2, 0.25) is 0 Å². The molecule has 2 N–H and O–H groups in total. The Bertz CT molecular complexity index is 19.2. The van der Waals surface area contributed by atoms with Crippen LogP contribution in [0.5, 0.6) is 0 Å². The molecule has 0 saturated carbocycles.